The van der Waals surface area contributed by atoms with Crippen LogP contribution in [0.4, 0.5) is 0 Å². The molecular weight excluding hydrogens is 230 g/mol. The van der Waals surface area contributed by atoms with Gasteiger partial charge in [0.25, 0.3) is 0 Å². The van der Waals surface area contributed by atoms with Crippen LogP contribution in [0.5, 0.6) is 0 Å². The van der Waals surface area contributed by atoms with Crippen molar-refractivity contribution in [3.8, 4) is 0 Å². The highest BCUT2D eigenvalue weighted by Crippen LogP contribution is 2.20. The van der Waals surface area contributed by atoms with Crippen molar-refractivity contribution in [2.24, 2.45) is 7.05 Å². The summed E-state index contributed by atoms with van der Waals surface area (Å²) < 4.78 is 12.2. The van der Waals surface area contributed by atoms with E-state index in [0.29, 0.717) is 12.2 Å². The molecule has 96 valence electrons. The number of esters is 1. The maximum absolute atomic E-state index is 12.1. The Bertz CT molecular complexity index is 559. The number of rotatable bonds is 4. The summed E-state index contributed by atoms with van der Waals surface area (Å²) in [5, 5.41) is 0.912. The lowest BCUT2D eigenvalue weighted by Gasteiger charge is -2.12. The number of benzene rings is 1. The molecule has 0 spiro atoms. The van der Waals surface area contributed by atoms with Crippen LogP contribution in [0.25, 0.3) is 10.9 Å². The number of aryl methyl sites for hydroxylation is 1. The minimum absolute atomic E-state index is 0.249. The van der Waals surface area contributed by atoms with Gasteiger partial charge >= 0.3 is 5.97 Å². The summed E-state index contributed by atoms with van der Waals surface area (Å²) in [6, 6.07) is 7.54. The highest BCUT2D eigenvalue weighted by atomic mass is 16.6. The quantitative estimate of drug-likeness (QED) is 0.779. The fourth-order valence-electron chi connectivity index (χ4n) is 2.00. The number of hydrogen-bond acceptors (Lipinski definition) is 3. The first-order chi connectivity index (χ1) is 8.63. The molecule has 0 unspecified atom stereocenters. The lowest BCUT2D eigenvalue weighted by Crippen LogP contribution is -2.19. The van der Waals surface area contributed by atoms with E-state index in [1.165, 1.54) is 0 Å². The maximum atomic E-state index is 12.1. The van der Waals surface area contributed by atoms with E-state index >= 15 is 0 Å². The third-order valence-electron chi connectivity index (χ3n) is 2.86. The molecule has 0 amide bonds. The molecule has 0 aliphatic carbocycles. The summed E-state index contributed by atoms with van der Waals surface area (Å²) in [6.07, 6.45) is 1.68. The Morgan fingerprint density at radius 3 is 2.89 bits per heavy atom. The Kier molecular flexibility index (Phi) is 3.67. The van der Waals surface area contributed by atoms with Crippen LogP contribution >= 0.6 is 0 Å². The number of fused-ring (bicyclic) bond motifs is 1. The molecule has 0 saturated carbocycles. The van der Waals surface area contributed by atoms with E-state index in [4.69, 9.17) is 9.47 Å². The van der Waals surface area contributed by atoms with Crippen molar-refractivity contribution < 1.29 is 14.3 Å². The Labute approximate surface area is 106 Å². The van der Waals surface area contributed by atoms with E-state index in [-0.39, 0.29) is 12.1 Å². The van der Waals surface area contributed by atoms with Crippen molar-refractivity contribution in [3.05, 3.63) is 36.0 Å². The van der Waals surface area contributed by atoms with Gasteiger partial charge in [-0.1, -0.05) is 6.07 Å². The van der Waals surface area contributed by atoms with Crippen LogP contribution in [-0.4, -0.2) is 30.4 Å². The van der Waals surface area contributed by atoms with Crippen molar-refractivity contribution in [2.45, 2.75) is 13.0 Å². The second kappa shape index (κ2) is 5.23. The monoisotopic (exact) mass is 247 g/mol. The van der Waals surface area contributed by atoms with Crippen LogP contribution in [-0.2, 0) is 16.5 Å². The zero-order chi connectivity index (χ0) is 13.1. The van der Waals surface area contributed by atoms with E-state index in [1.807, 2.05) is 42.9 Å². The van der Waals surface area contributed by atoms with Gasteiger partial charge in [0, 0.05) is 31.3 Å². The fraction of sp³-hybridized carbons (Fsp3) is 0.357. The third kappa shape index (κ3) is 2.38. The lowest BCUT2D eigenvalue weighted by molar-refractivity contribution is 0.0122. The normalized spacial score (nSPS) is 12.6. The highest BCUT2D eigenvalue weighted by Gasteiger charge is 2.15. The van der Waals surface area contributed by atoms with E-state index in [1.54, 1.807) is 13.2 Å². The first-order valence-electron chi connectivity index (χ1n) is 5.87. The molecule has 0 saturated heterocycles. The second-order valence-electron chi connectivity index (χ2n) is 4.34. The van der Waals surface area contributed by atoms with Crippen molar-refractivity contribution >= 4 is 16.9 Å². The van der Waals surface area contributed by atoms with E-state index in [0.717, 1.165) is 10.9 Å². The molecule has 0 N–H and O–H groups in total. The van der Waals surface area contributed by atoms with E-state index in [2.05, 4.69) is 0 Å². The number of ether oxygens (including phenoxy) is 2. The predicted molar refractivity (Wildman–Crippen MR) is 69.7 cm³/mol. The van der Waals surface area contributed by atoms with Crippen LogP contribution in [0.15, 0.2) is 30.5 Å². The molecule has 2 rings (SSSR count). The number of methoxy groups -OCH3 is 1. The predicted octanol–water partition coefficient (Wildman–Crippen LogP) is 2.37. The maximum Gasteiger partial charge on any atom is 0.339 e. The van der Waals surface area contributed by atoms with Gasteiger partial charge in [0.15, 0.2) is 0 Å². The SMILES string of the molecule is COC[C@H](C)OC(=O)c1cccc2c1ccn2C. The van der Waals surface area contributed by atoms with Gasteiger partial charge in [-0.3, -0.25) is 0 Å². The van der Waals surface area contributed by atoms with Crippen molar-refractivity contribution in [1.82, 2.24) is 4.57 Å². The highest BCUT2D eigenvalue weighted by molar-refractivity contribution is 6.03. The molecule has 4 heteroatoms. The molecule has 0 radical (unpaired) electrons. The van der Waals surface area contributed by atoms with Gasteiger partial charge in [0.1, 0.15) is 6.10 Å². The summed E-state index contributed by atoms with van der Waals surface area (Å²) in [6.45, 7) is 2.21. The second-order valence-corrected chi connectivity index (χ2v) is 4.34. The zero-order valence-corrected chi connectivity index (χ0v) is 10.8. The Morgan fingerprint density at radius 2 is 2.17 bits per heavy atom. The Balaban J connectivity index is 2.28. The molecule has 0 fully saturated rings. The molecule has 1 heterocycles. The summed E-state index contributed by atoms with van der Waals surface area (Å²) in [4.78, 5) is 12.1. The van der Waals surface area contributed by atoms with Crippen molar-refractivity contribution in [1.29, 1.82) is 0 Å². The summed E-state index contributed by atoms with van der Waals surface area (Å²) in [5.74, 6) is -0.309. The van der Waals surface area contributed by atoms with Crippen LogP contribution < -0.4 is 0 Å². The van der Waals surface area contributed by atoms with Gasteiger partial charge in [-0.2, -0.15) is 0 Å². The van der Waals surface area contributed by atoms with Gasteiger partial charge in [-0.15, -0.1) is 0 Å². The first kappa shape index (κ1) is 12.6. The van der Waals surface area contributed by atoms with Crippen molar-refractivity contribution in [3.63, 3.8) is 0 Å². The number of carbonyl (C=O) groups excluding carboxylic acids is 1. The molecule has 1 aromatic carbocycles. The molecule has 2 aromatic rings. The number of nitrogens with zero attached hydrogens (tertiary/aromatic N) is 1. The molecular formula is C14H17NO3. The number of hydrogen-bond donors (Lipinski definition) is 0. The lowest BCUT2D eigenvalue weighted by atomic mass is 10.1. The van der Waals surface area contributed by atoms with Crippen LogP contribution in [0.1, 0.15) is 17.3 Å². The molecule has 1 atom stereocenters. The van der Waals surface area contributed by atoms with Gasteiger partial charge in [-0.25, -0.2) is 4.79 Å². The van der Waals surface area contributed by atoms with Crippen LogP contribution in [0, 0.1) is 0 Å². The van der Waals surface area contributed by atoms with Gasteiger partial charge in [0.05, 0.1) is 12.2 Å². The average Bonchev–Trinajstić information content (AvgIpc) is 2.71. The molecule has 0 bridgehead atoms. The molecule has 18 heavy (non-hydrogen) atoms. The smallest absolute Gasteiger partial charge is 0.339 e. The largest absolute Gasteiger partial charge is 0.457 e. The summed E-state index contributed by atoms with van der Waals surface area (Å²) >= 11 is 0. The van der Waals surface area contributed by atoms with Crippen LogP contribution in [0.3, 0.4) is 0 Å². The summed E-state index contributed by atoms with van der Waals surface area (Å²) in [7, 11) is 3.53. The molecule has 0 aliphatic rings. The zero-order valence-electron chi connectivity index (χ0n) is 10.8. The van der Waals surface area contributed by atoms with E-state index in [9.17, 15) is 4.79 Å². The molecule has 4 nitrogen and oxygen atoms in total. The molecule has 1 aromatic heterocycles. The number of carbonyl (C=O) groups is 1. The molecule has 0 aliphatic heterocycles. The first-order valence-corrected chi connectivity index (χ1v) is 5.87. The van der Waals surface area contributed by atoms with Crippen LogP contribution in [0.2, 0.25) is 0 Å². The van der Waals surface area contributed by atoms with Gasteiger partial charge < -0.3 is 14.0 Å². The van der Waals surface area contributed by atoms with E-state index < -0.39 is 0 Å². The Hall–Kier alpha value is -1.81. The average molecular weight is 247 g/mol. The standard InChI is InChI=1S/C14H17NO3/c1-10(9-17-3)18-14(16)12-5-4-6-13-11(12)7-8-15(13)2/h4-8,10H,9H2,1-3H3/t10-/m0/s1. The van der Waals surface area contributed by atoms with Gasteiger partial charge in [0.2, 0.25) is 0 Å². The third-order valence-corrected chi connectivity index (χ3v) is 2.86. The number of aromatic nitrogens is 1. The minimum atomic E-state index is -0.309. The Morgan fingerprint density at radius 1 is 1.39 bits per heavy atom. The van der Waals surface area contributed by atoms with Gasteiger partial charge in [-0.05, 0) is 25.1 Å². The minimum Gasteiger partial charge on any atom is -0.457 e. The topological polar surface area (TPSA) is 40.5 Å². The fourth-order valence-corrected chi connectivity index (χ4v) is 2.00. The van der Waals surface area contributed by atoms with Crippen molar-refractivity contribution in [2.75, 3.05) is 13.7 Å². The summed E-state index contributed by atoms with van der Waals surface area (Å²) in [5.41, 5.74) is 1.61.